The molecular weight excluding hydrogens is 755 g/mol. The summed E-state index contributed by atoms with van der Waals surface area (Å²) in [6.07, 6.45) is 17.1. The topological polar surface area (TPSA) is 21.7 Å². The van der Waals surface area contributed by atoms with E-state index >= 15 is 0 Å². The van der Waals surface area contributed by atoms with E-state index in [0.717, 1.165) is 51.9 Å². The van der Waals surface area contributed by atoms with Gasteiger partial charge in [-0.1, -0.05) is 170 Å². The maximum Gasteiger partial charge on any atom is 0.170 e. The minimum Gasteiger partial charge on any atom is -0.449 e. The normalized spacial score (nSPS) is 20.6. The van der Waals surface area contributed by atoms with Crippen molar-refractivity contribution in [3.8, 4) is 45.3 Å². The van der Waals surface area contributed by atoms with Gasteiger partial charge in [0.25, 0.3) is 0 Å². The van der Waals surface area contributed by atoms with Crippen molar-refractivity contribution < 1.29 is 9.47 Å². The maximum absolute atomic E-state index is 6.95. The molecule has 8 aromatic carbocycles. The van der Waals surface area contributed by atoms with Crippen LogP contribution in [0.5, 0.6) is 23.0 Å². The Morgan fingerprint density at radius 3 is 2.16 bits per heavy atom. The molecule has 4 aliphatic carbocycles. The number of allylic oxidation sites excluding steroid dienone is 6. The number of rotatable bonds is 5. The van der Waals surface area contributed by atoms with E-state index < -0.39 is 0 Å². The molecule has 3 heteroatoms. The summed E-state index contributed by atoms with van der Waals surface area (Å²) in [7, 11) is 0. The molecule has 4 atom stereocenters. The number of fused-ring (bicyclic) bond motifs is 13. The van der Waals surface area contributed by atoms with Crippen molar-refractivity contribution in [2.75, 3.05) is 4.90 Å². The molecule has 13 rings (SSSR count). The third kappa shape index (κ3) is 5.24. The average molecular weight is 796 g/mol. The van der Waals surface area contributed by atoms with Gasteiger partial charge in [0, 0.05) is 23.2 Å². The summed E-state index contributed by atoms with van der Waals surface area (Å²) in [5, 5.41) is 2.46. The molecule has 8 aromatic rings. The molecule has 1 aliphatic heterocycles. The Morgan fingerprint density at radius 2 is 1.23 bits per heavy atom. The predicted molar refractivity (Wildman–Crippen MR) is 253 cm³/mol. The summed E-state index contributed by atoms with van der Waals surface area (Å²) in [6, 6.07) is 64.0. The molecule has 0 N–H and O–H groups in total. The molecule has 0 radical (unpaired) electrons. The summed E-state index contributed by atoms with van der Waals surface area (Å²) >= 11 is 0. The fourth-order valence-corrected chi connectivity index (χ4v) is 11.2. The lowest BCUT2D eigenvalue weighted by Crippen LogP contribution is -2.33. The number of anilines is 2. The zero-order valence-electron chi connectivity index (χ0n) is 34.0. The molecule has 294 valence electrons. The highest BCUT2D eigenvalue weighted by Crippen LogP contribution is 2.66. The van der Waals surface area contributed by atoms with E-state index in [-0.39, 0.29) is 17.4 Å². The molecule has 0 amide bonds. The first kappa shape index (κ1) is 35.2. The fraction of sp³-hybridized carbons (Fsp3) is 0.0847. The Bertz CT molecular complexity index is 3260. The fourth-order valence-electron chi connectivity index (χ4n) is 11.2. The van der Waals surface area contributed by atoms with Crippen molar-refractivity contribution in [2.24, 2.45) is 5.92 Å². The minimum atomic E-state index is -0.334. The molecular formula is C59H41NO2. The Morgan fingerprint density at radius 1 is 0.484 bits per heavy atom. The van der Waals surface area contributed by atoms with Crippen LogP contribution in [0.3, 0.4) is 0 Å². The number of ether oxygens (including phenoxy) is 2. The lowest BCUT2D eigenvalue weighted by molar-refractivity contribution is 0.358. The van der Waals surface area contributed by atoms with Crippen LogP contribution < -0.4 is 14.4 Å². The molecule has 1 heterocycles. The molecule has 62 heavy (non-hydrogen) atoms. The third-order valence-corrected chi connectivity index (χ3v) is 13.9. The van der Waals surface area contributed by atoms with Gasteiger partial charge in [0.1, 0.15) is 0 Å². The molecule has 3 nitrogen and oxygen atoms in total. The van der Waals surface area contributed by atoms with Gasteiger partial charge in [0.05, 0.1) is 11.5 Å². The molecule has 4 unspecified atom stereocenters. The molecule has 0 bridgehead atoms. The highest BCUT2D eigenvalue weighted by Gasteiger charge is 2.57. The molecule has 0 fully saturated rings. The van der Waals surface area contributed by atoms with E-state index in [1.807, 2.05) is 0 Å². The lowest BCUT2D eigenvalue weighted by atomic mass is 9.65. The molecule has 0 saturated carbocycles. The Labute approximate surface area is 361 Å². The van der Waals surface area contributed by atoms with E-state index in [2.05, 4.69) is 223 Å². The van der Waals surface area contributed by atoms with Crippen LogP contribution in [-0.4, -0.2) is 6.04 Å². The summed E-state index contributed by atoms with van der Waals surface area (Å²) < 4.78 is 13.7. The van der Waals surface area contributed by atoms with Crippen LogP contribution in [0, 0.1) is 5.92 Å². The van der Waals surface area contributed by atoms with Crippen LogP contribution in [0.1, 0.15) is 40.2 Å². The molecule has 5 aliphatic rings. The van der Waals surface area contributed by atoms with Crippen LogP contribution in [0.25, 0.3) is 38.6 Å². The predicted octanol–water partition coefficient (Wildman–Crippen LogP) is 15.1. The van der Waals surface area contributed by atoms with Crippen molar-refractivity contribution in [3.05, 3.63) is 246 Å². The molecule has 0 saturated heterocycles. The zero-order valence-corrected chi connectivity index (χ0v) is 34.0. The summed E-state index contributed by atoms with van der Waals surface area (Å²) in [6.45, 7) is 0. The number of nitrogens with zero attached hydrogens (tertiary/aromatic N) is 1. The summed E-state index contributed by atoms with van der Waals surface area (Å²) in [4.78, 5) is 2.49. The van der Waals surface area contributed by atoms with Gasteiger partial charge in [-0.15, -0.1) is 0 Å². The first-order valence-corrected chi connectivity index (χ1v) is 21.8. The van der Waals surface area contributed by atoms with E-state index in [1.54, 1.807) is 0 Å². The van der Waals surface area contributed by atoms with Crippen molar-refractivity contribution in [1.82, 2.24) is 0 Å². The van der Waals surface area contributed by atoms with Crippen LogP contribution in [0.4, 0.5) is 11.4 Å². The van der Waals surface area contributed by atoms with E-state index in [0.29, 0.717) is 5.92 Å². The smallest absolute Gasteiger partial charge is 0.170 e. The monoisotopic (exact) mass is 795 g/mol. The number of benzene rings is 8. The van der Waals surface area contributed by atoms with Crippen molar-refractivity contribution >= 4 is 27.7 Å². The van der Waals surface area contributed by atoms with Gasteiger partial charge in [-0.2, -0.15) is 0 Å². The average Bonchev–Trinajstić information content (AvgIpc) is 3.80. The quantitative estimate of drug-likeness (QED) is 0.173. The highest BCUT2D eigenvalue weighted by atomic mass is 16.6. The van der Waals surface area contributed by atoms with Gasteiger partial charge in [-0.3, -0.25) is 0 Å². The van der Waals surface area contributed by atoms with Crippen LogP contribution in [-0.2, 0) is 5.41 Å². The van der Waals surface area contributed by atoms with Gasteiger partial charge in [-0.25, -0.2) is 0 Å². The minimum absolute atomic E-state index is 0.0679. The Hall–Kier alpha value is -7.62. The standard InChI is InChI=1S/C59H41NO2/c1-2-14-38(15-3-1)41-18-12-20-44(32-41)60(46-30-28-39-16-4-5-17-40(39)33-46)45-21-13-19-42(34-45)43-29-31-55-56(35-43)62-58-37-54-50(36-57(58)61-55)49-24-8-11-27-53(49)59(54)51-25-9-6-22-47(51)48-23-7-10-26-52(48)59/h1-20,22-37,45,47,51H,21H2. The van der Waals surface area contributed by atoms with Crippen molar-refractivity contribution in [3.63, 3.8) is 0 Å². The van der Waals surface area contributed by atoms with Gasteiger partial charge >= 0.3 is 0 Å². The summed E-state index contributed by atoms with van der Waals surface area (Å²) in [5.74, 6) is 3.50. The number of hydrogen-bond donors (Lipinski definition) is 0. The van der Waals surface area contributed by atoms with E-state index in [4.69, 9.17) is 9.47 Å². The lowest BCUT2D eigenvalue weighted by Gasteiger charge is -2.36. The number of hydrogen-bond acceptors (Lipinski definition) is 3. The van der Waals surface area contributed by atoms with Crippen LogP contribution in [0.2, 0.25) is 0 Å². The first-order chi connectivity index (χ1) is 30.7. The van der Waals surface area contributed by atoms with Gasteiger partial charge < -0.3 is 14.4 Å². The van der Waals surface area contributed by atoms with E-state index in [9.17, 15) is 0 Å². The maximum atomic E-state index is 6.95. The van der Waals surface area contributed by atoms with Gasteiger partial charge in [0.2, 0.25) is 0 Å². The third-order valence-electron chi connectivity index (χ3n) is 13.9. The van der Waals surface area contributed by atoms with Gasteiger partial charge in [0.15, 0.2) is 23.0 Å². The molecule has 1 spiro atoms. The van der Waals surface area contributed by atoms with Crippen molar-refractivity contribution in [1.29, 1.82) is 0 Å². The first-order valence-electron chi connectivity index (χ1n) is 21.8. The van der Waals surface area contributed by atoms with Gasteiger partial charge in [-0.05, 0) is 121 Å². The second kappa shape index (κ2) is 13.7. The van der Waals surface area contributed by atoms with Crippen LogP contribution >= 0.6 is 0 Å². The second-order valence-corrected chi connectivity index (χ2v) is 17.1. The van der Waals surface area contributed by atoms with Crippen molar-refractivity contribution in [2.45, 2.75) is 23.8 Å². The Kier molecular flexibility index (Phi) is 7.77. The second-order valence-electron chi connectivity index (χ2n) is 17.1. The zero-order chi connectivity index (χ0) is 40.8. The molecule has 0 aromatic heterocycles. The van der Waals surface area contributed by atoms with E-state index in [1.165, 1.54) is 55.3 Å². The summed E-state index contributed by atoms with van der Waals surface area (Å²) in [5.41, 5.74) is 14.5. The largest absolute Gasteiger partial charge is 0.449 e. The SMILES string of the molecule is C1=CC2c3ccccc3C3(c4ccccc4-c4cc5c(cc43)Oc3cc(C4=CC(N(c6cccc(-c7ccccc7)c6)c6ccc7ccccc7c6)CC=C4)ccc3O5)C2C=C1. The van der Waals surface area contributed by atoms with Crippen LogP contribution in [0.15, 0.2) is 218 Å². The highest BCUT2D eigenvalue weighted by molar-refractivity contribution is 5.90. The Balaban J connectivity index is 0.885.